The molecule has 0 aliphatic rings. The maximum Gasteiger partial charge on any atom is 0.229 e. The zero-order chi connectivity index (χ0) is 15.4. The van der Waals surface area contributed by atoms with Gasteiger partial charge in [0, 0.05) is 27.1 Å². The molecule has 6 heteroatoms. The first kappa shape index (κ1) is 14.8. The molecule has 4 nitrogen and oxygen atoms in total. The van der Waals surface area contributed by atoms with Gasteiger partial charge in [-0.2, -0.15) is 4.98 Å². The normalized spacial score (nSPS) is 10.3. The predicted molar refractivity (Wildman–Crippen MR) is 94.2 cm³/mol. The molecule has 2 aromatic carbocycles. The number of rotatable bonds is 4. The number of benzene rings is 2. The third-order valence-corrected chi connectivity index (χ3v) is 3.65. The number of nitrogens with one attached hydrogen (secondary N) is 2. The lowest BCUT2D eigenvalue weighted by molar-refractivity contribution is 1.17. The van der Waals surface area contributed by atoms with Crippen molar-refractivity contribution in [1.29, 1.82) is 0 Å². The lowest BCUT2D eigenvalue weighted by atomic mass is 10.3. The van der Waals surface area contributed by atoms with E-state index in [0.29, 0.717) is 16.8 Å². The second-order valence-electron chi connectivity index (χ2n) is 4.53. The molecule has 0 aliphatic carbocycles. The van der Waals surface area contributed by atoms with E-state index < -0.39 is 0 Å². The highest BCUT2D eigenvalue weighted by Crippen LogP contribution is 2.20. The summed E-state index contributed by atoms with van der Waals surface area (Å²) in [4.78, 5) is 8.65. The minimum absolute atomic E-state index is 0.529. The standard InChI is InChI=1S/C16H12BrClN4/c17-11-1-5-14(6-2-11)21-16-19-10-9-15(22-16)20-13-7-3-12(18)4-8-13/h1-10H,(H2,19,20,21,22). The van der Waals surface area contributed by atoms with Gasteiger partial charge in [-0.05, 0) is 54.6 Å². The molecular formula is C16H12BrClN4. The van der Waals surface area contributed by atoms with Crippen LogP contribution in [0.15, 0.2) is 65.3 Å². The number of aromatic nitrogens is 2. The molecule has 0 aliphatic heterocycles. The Morgan fingerprint density at radius 1 is 0.818 bits per heavy atom. The summed E-state index contributed by atoms with van der Waals surface area (Å²) in [6.45, 7) is 0. The van der Waals surface area contributed by atoms with Crippen molar-refractivity contribution in [2.24, 2.45) is 0 Å². The van der Waals surface area contributed by atoms with E-state index in [1.165, 1.54) is 0 Å². The van der Waals surface area contributed by atoms with Gasteiger partial charge >= 0.3 is 0 Å². The van der Waals surface area contributed by atoms with Gasteiger partial charge in [-0.1, -0.05) is 27.5 Å². The van der Waals surface area contributed by atoms with Crippen molar-refractivity contribution in [3.8, 4) is 0 Å². The molecule has 22 heavy (non-hydrogen) atoms. The fourth-order valence-electron chi connectivity index (χ4n) is 1.83. The van der Waals surface area contributed by atoms with Crippen LogP contribution in [0.1, 0.15) is 0 Å². The van der Waals surface area contributed by atoms with Crippen LogP contribution in [0.4, 0.5) is 23.1 Å². The van der Waals surface area contributed by atoms with Crippen molar-refractivity contribution in [1.82, 2.24) is 9.97 Å². The van der Waals surface area contributed by atoms with Crippen LogP contribution in [0.5, 0.6) is 0 Å². The second kappa shape index (κ2) is 6.77. The smallest absolute Gasteiger partial charge is 0.229 e. The SMILES string of the molecule is Clc1ccc(Nc2ccnc(Nc3ccc(Br)cc3)n2)cc1. The molecule has 0 radical (unpaired) electrons. The molecule has 3 aromatic rings. The molecule has 0 unspecified atom stereocenters. The monoisotopic (exact) mass is 374 g/mol. The first-order valence-corrected chi connectivity index (χ1v) is 7.74. The average Bonchev–Trinajstić information content (AvgIpc) is 2.52. The first-order valence-electron chi connectivity index (χ1n) is 6.57. The number of hydrogen-bond donors (Lipinski definition) is 2. The summed E-state index contributed by atoms with van der Waals surface area (Å²) in [6.07, 6.45) is 1.70. The van der Waals surface area contributed by atoms with Gasteiger partial charge < -0.3 is 10.6 Å². The predicted octanol–water partition coefficient (Wildman–Crippen LogP) is 5.38. The molecule has 2 N–H and O–H groups in total. The van der Waals surface area contributed by atoms with Gasteiger partial charge in [-0.25, -0.2) is 4.98 Å². The fraction of sp³-hybridized carbons (Fsp3) is 0. The highest BCUT2D eigenvalue weighted by atomic mass is 79.9. The Hall–Kier alpha value is -2.11. The molecule has 0 amide bonds. The molecule has 0 spiro atoms. The fourth-order valence-corrected chi connectivity index (χ4v) is 2.22. The zero-order valence-electron chi connectivity index (χ0n) is 11.4. The number of anilines is 4. The molecule has 0 atom stereocenters. The number of hydrogen-bond acceptors (Lipinski definition) is 4. The van der Waals surface area contributed by atoms with Crippen LogP contribution in [-0.2, 0) is 0 Å². The first-order chi connectivity index (χ1) is 10.7. The van der Waals surface area contributed by atoms with Gasteiger partial charge in [0.15, 0.2) is 0 Å². The van der Waals surface area contributed by atoms with Crippen LogP contribution >= 0.6 is 27.5 Å². The molecule has 110 valence electrons. The quantitative estimate of drug-likeness (QED) is 0.643. The van der Waals surface area contributed by atoms with Gasteiger partial charge in [-0.15, -0.1) is 0 Å². The maximum absolute atomic E-state index is 5.87. The van der Waals surface area contributed by atoms with Gasteiger partial charge in [0.25, 0.3) is 0 Å². The summed E-state index contributed by atoms with van der Waals surface area (Å²) in [5.41, 5.74) is 1.84. The Morgan fingerprint density at radius 2 is 1.45 bits per heavy atom. The van der Waals surface area contributed by atoms with Gasteiger partial charge in [0.1, 0.15) is 5.82 Å². The van der Waals surface area contributed by atoms with Crippen LogP contribution in [0.3, 0.4) is 0 Å². The van der Waals surface area contributed by atoms with E-state index in [9.17, 15) is 0 Å². The van der Waals surface area contributed by atoms with E-state index in [0.717, 1.165) is 15.8 Å². The zero-order valence-corrected chi connectivity index (χ0v) is 13.8. The van der Waals surface area contributed by atoms with Crippen molar-refractivity contribution in [3.05, 3.63) is 70.3 Å². The van der Waals surface area contributed by atoms with Gasteiger partial charge in [-0.3, -0.25) is 0 Å². The lowest BCUT2D eigenvalue weighted by Gasteiger charge is -2.08. The molecule has 0 bridgehead atoms. The third kappa shape index (κ3) is 3.96. The average molecular weight is 376 g/mol. The van der Waals surface area contributed by atoms with Crippen molar-refractivity contribution >= 4 is 50.7 Å². The largest absolute Gasteiger partial charge is 0.340 e. The summed E-state index contributed by atoms with van der Waals surface area (Å²) in [7, 11) is 0. The van der Waals surface area contributed by atoms with Gasteiger partial charge in [0.05, 0.1) is 0 Å². The highest BCUT2D eigenvalue weighted by Gasteiger charge is 2.01. The molecule has 0 fully saturated rings. The van der Waals surface area contributed by atoms with E-state index in [2.05, 4.69) is 36.5 Å². The van der Waals surface area contributed by atoms with E-state index in [-0.39, 0.29) is 0 Å². The minimum atomic E-state index is 0.529. The van der Waals surface area contributed by atoms with Crippen molar-refractivity contribution in [2.45, 2.75) is 0 Å². The Kier molecular flexibility index (Phi) is 4.56. The maximum atomic E-state index is 5.87. The van der Waals surface area contributed by atoms with E-state index in [1.807, 2.05) is 48.5 Å². The molecular weight excluding hydrogens is 364 g/mol. The van der Waals surface area contributed by atoms with Gasteiger partial charge in [0.2, 0.25) is 5.95 Å². The van der Waals surface area contributed by atoms with Crippen LogP contribution < -0.4 is 10.6 Å². The Morgan fingerprint density at radius 3 is 2.18 bits per heavy atom. The summed E-state index contributed by atoms with van der Waals surface area (Å²) in [6, 6.07) is 17.1. The number of nitrogens with zero attached hydrogens (tertiary/aromatic N) is 2. The topological polar surface area (TPSA) is 49.8 Å². The molecule has 0 saturated carbocycles. The Bertz CT molecular complexity index is 697. The summed E-state index contributed by atoms with van der Waals surface area (Å²) >= 11 is 9.28. The van der Waals surface area contributed by atoms with Crippen LogP contribution in [0.2, 0.25) is 5.02 Å². The molecule has 0 saturated heterocycles. The molecule has 3 rings (SSSR count). The van der Waals surface area contributed by atoms with Crippen LogP contribution in [0.25, 0.3) is 0 Å². The van der Waals surface area contributed by atoms with Crippen LogP contribution in [-0.4, -0.2) is 9.97 Å². The minimum Gasteiger partial charge on any atom is -0.340 e. The third-order valence-electron chi connectivity index (χ3n) is 2.87. The van der Waals surface area contributed by atoms with Crippen molar-refractivity contribution in [3.63, 3.8) is 0 Å². The lowest BCUT2D eigenvalue weighted by Crippen LogP contribution is -2.00. The Labute approximate surface area is 141 Å². The van der Waals surface area contributed by atoms with Crippen molar-refractivity contribution < 1.29 is 0 Å². The Balaban J connectivity index is 1.74. The number of halogens is 2. The second-order valence-corrected chi connectivity index (χ2v) is 5.88. The van der Waals surface area contributed by atoms with E-state index >= 15 is 0 Å². The van der Waals surface area contributed by atoms with E-state index in [4.69, 9.17) is 11.6 Å². The molecule has 1 heterocycles. The van der Waals surface area contributed by atoms with Crippen LogP contribution in [0, 0.1) is 0 Å². The summed E-state index contributed by atoms with van der Waals surface area (Å²) < 4.78 is 1.03. The van der Waals surface area contributed by atoms with Crippen molar-refractivity contribution in [2.75, 3.05) is 10.6 Å². The summed E-state index contributed by atoms with van der Waals surface area (Å²) in [5.74, 6) is 1.23. The molecule has 1 aromatic heterocycles. The summed E-state index contributed by atoms with van der Waals surface area (Å²) in [5, 5.41) is 7.07. The van der Waals surface area contributed by atoms with E-state index in [1.54, 1.807) is 12.3 Å². The highest BCUT2D eigenvalue weighted by molar-refractivity contribution is 9.10.